The molecule has 2 aromatic heterocycles. The number of anilines is 2. The molecule has 8 nitrogen and oxygen atoms in total. The van der Waals surface area contributed by atoms with Gasteiger partial charge in [0.25, 0.3) is 0 Å². The number of carboxylic acids is 1. The molecule has 0 radical (unpaired) electrons. The van der Waals surface area contributed by atoms with Gasteiger partial charge in [-0.05, 0) is 54.3 Å². The number of carbonyl (C=O) groups is 1. The predicted octanol–water partition coefficient (Wildman–Crippen LogP) is 5.81. The lowest BCUT2D eigenvalue weighted by molar-refractivity contribution is -0.137. The van der Waals surface area contributed by atoms with Gasteiger partial charge in [0.05, 0.1) is 17.6 Å². The molecular formula is C28H27FN6O2S. The first-order valence-corrected chi connectivity index (χ1v) is 13.1. The van der Waals surface area contributed by atoms with E-state index in [0.29, 0.717) is 30.2 Å². The first kappa shape index (κ1) is 25.3. The molecule has 0 saturated heterocycles. The molecule has 0 aliphatic rings. The Bertz CT molecular complexity index is 1550. The zero-order valence-corrected chi connectivity index (χ0v) is 21.8. The number of imidazole rings is 1. The second-order valence-electron chi connectivity index (χ2n) is 9.00. The second kappa shape index (κ2) is 11.0. The highest BCUT2D eigenvalue weighted by Crippen LogP contribution is 2.27. The highest BCUT2D eigenvalue weighted by molar-refractivity contribution is 7.14. The third kappa shape index (κ3) is 5.65. The van der Waals surface area contributed by atoms with Crippen LogP contribution in [0.3, 0.4) is 0 Å². The molecule has 0 aliphatic carbocycles. The van der Waals surface area contributed by atoms with Crippen molar-refractivity contribution in [1.82, 2.24) is 20.2 Å². The summed E-state index contributed by atoms with van der Waals surface area (Å²) in [6, 6.07) is 17.5. The lowest BCUT2D eigenvalue weighted by Gasteiger charge is -2.20. The molecule has 194 valence electrons. The minimum absolute atomic E-state index is 0.276. The summed E-state index contributed by atoms with van der Waals surface area (Å²) < 4.78 is 13.8. The van der Waals surface area contributed by atoms with Crippen molar-refractivity contribution in [2.75, 3.05) is 10.6 Å². The molecule has 38 heavy (non-hydrogen) atoms. The average molecular weight is 531 g/mol. The number of rotatable bonds is 10. The number of nitrogens with one attached hydrogen (secondary N) is 3. The van der Waals surface area contributed by atoms with Crippen LogP contribution < -0.4 is 10.6 Å². The first-order chi connectivity index (χ1) is 18.4. The van der Waals surface area contributed by atoms with Gasteiger partial charge in [0.1, 0.15) is 21.9 Å². The van der Waals surface area contributed by atoms with Crippen LogP contribution in [-0.2, 0) is 24.2 Å². The lowest BCUT2D eigenvalue weighted by atomic mass is 10.0. The predicted molar refractivity (Wildman–Crippen MR) is 148 cm³/mol. The zero-order chi connectivity index (χ0) is 26.6. The molecule has 5 rings (SSSR count). The fourth-order valence-corrected chi connectivity index (χ4v) is 5.11. The fraction of sp³-hybridized carbons (Fsp3) is 0.214. The summed E-state index contributed by atoms with van der Waals surface area (Å²) >= 11 is 1.48. The largest absolute Gasteiger partial charge is 0.480 e. The average Bonchev–Trinajstić information content (AvgIpc) is 3.55. The number of benzene rings is 3. The third-order valence-corrected chi connectivity index (χ3v) is 7.26. The Balaban J connectivity index is 1.24. The van der Waals surface area contributed by atoms with Gasteiger partial charge in [0.2, 0.25) is 5.95 Å². The number of nitrogens with zero attached hydrogens (tertiary/aromatic N) is 3. The van der Waals surface area contributed by atoms with Crippen molar-refractivity contribution in [3.63, 3.8) is 0 Å². The number of hydrogen-bond acceptors (Lipinski definition) is 7. The van der Waals surface area contributed by atoms with E-state index >= 15 is 0 Å². The van der Waals surface area contributed by atoms with E-state index in [1.54, 1.807) is 6.92 Å². The lowest BCUT2D eigenvalue weighted by Crippen LogP contribution is -2.32. The highest BCUT2D eigenvalue weighted by Gasteiger charge is 2.21. The van der Waals surface area contributed by atoms with E-state index in [2.05, 4.69) is 30.8 Å². The van der Waals surface area contributed by atoms with E-state index in [-0.39, 0.29) is 12.2 Å². The molecule has 0 saturated carbocycles. The van der Waals surface area contributed by atoms with Crippen LogP contribution in [0.1, 0.15) is 28.6 Å². The van der Waals surface area contributed by atoms with Gasteiger partial charge in [-0.25, -0.2) is 14.2 Å². The van der Waals surface area contributed by atoms with Crippen LogP contribution in [0.15, 0.2) is 60.7 Å². The molecule has 0 bridgehead atoms. The Morgan fingerprint density at radius 2 is 1.92 bits per heavy atom. The highest BCUT2D eigenvalue weighted by atomic mass is 32.1. The number of H-pyrrole nitrogens is 1. The molecule has 10 heteroatoms. The molecule has 0 amide bonds. The number of aliphatic carboxylic acids is 1. The molecule has 0 fully saturated rings. The van der Waals surface area contributed by atoms with Crippen molar-refractivity contribution in [2.45, 2.75) is 39.3 Å². The van der Waals surface area contributed by atoms with Crippen molar-refractivity contribution >= 4 is 40.0 Å². The number of para-hydroxylation sites is 2. The summed E-state index contributed by atoms with van der Waals surface area (Å²) in [7, 11) is 0. The number of hydrogen-bond donors (Lipinski definition) is 4. The molecular weight excluding hydrogens is 503 g/mol. The van der Waals surface area contributed by atoms with Gasteiger partial charge >= 0.3 is 5.97 Å². The Labute approximate surface area is 223 Å². The maximum atomic E-state index is 13.8. The van der Waals surface area contributed by atoms with Crippen LogP contribution in [0.25, 0.3) is 21.6 Å². The molecule has 3 aromatic carbocycles. The van der Waals surface area contributed by atoms with Gasteiger partial charge in [-0.15, -0.1) is 10.2 Å². The van der Waals surface area contributed by atoms with Crippen molar-refractivity contribution < 1.29 is 14.3 Å². The second-order valence-corrected chi connectivity index (χ2v) is 10.1. The van der Waals surface area contributed by atoms with E-state index in [1.807, 2.05) is 55.5 Å². The van der Waals surface area contributed by atoms with Gasteiger partial charge in [0, 0.05) is 17.7 Å². The number of carboxylic acid groups (broad SMARTS) is 1. The van der Waals surface area contributed by atoms with Gasteiger partial charge < -0.3 is 20.7 Å². The van der Waals surface area contributed by atoms with E-state index in [4.69, 9.17) is 0 Å². The number of aromatic amines is 1. The Morgan fingerprint density at radius 1 is 1.13 bits per heavy atom. The van der Waals surface area contributed by atoms with E-state index < -0.39 is 12.0 Å². The monoisotopic (exact) mass is 530 g/mol. The first-order valence-electron chi connectivity index (χ1n) is 12.3. The van der Waals surface area contributed by atoms with Crippen molar-refractivity contribution in [1.29, 1.82) is 0 Å². The normalized spacial score (nSPS) is 12.0. The fourth-order valence-electron chi connectivity index (χ4n) is 4.33. The Hall–Kier alpha value is -4.31. The minimum Gasteiger partial charge on any atom is -0.480 e. The molecule has 1 unspecified atom stereocenters. The number of fused-ring (bicyclic) bond motifs is 1. The van der Waals surface area contributed by atoms with Gasteiger partial charge in [0.15, 0.2) is 0 Å². The molecule has 0 aliphatic heterocycles. The standard InChI is InChI=1S/C28H27FN6O2S/c1-3-18-14-20(29)12-16(2)25(18)31-23(27(36)37)13-17-8-10-19(11-9-17)26-35-34-24(38-26)15-30-28-32-21-6-4-5-7-22(21)33-28/h4-12,14,23,31H,3,13,15H2,1-2H3,(H,36,37)(H2,30,32,33). The van der Waals surface area contributed by atoms with E-state index in [0.717, 1.165) is 37.7 Å². The van der Waals surface area contributed by atoms with Crippen molar-refractivity contribution in [2.24, 2.45) is 0 Å². The molecule has 4 N–H and O–H groups in total. The van der Waals surface area contributed by atoms with Crippen LogP contribution in [0.4, 0.5) is 16.0 Å². The van der Waals surface area contributed by atoms with Gasteiger partial charge in [-0.1, -0.05) is 54.7 Å². The summed E-state index contributed by atoms with van der Waals surface area (Å²) in [4.78, 5) is 19.8. The van der Waals surface area contributed by atoms with Crippen molar-refractivity contribution in [3.05, 3.63) is 88.2 Å². The van der Waals surface area contributed by atoms with Crippen LogP contribution in [0, 0.1) is 12.7 Å². The third-order valence-electron chi connectivity index (χ3n) is 6.28. The van der Waals surface area contributed by atoms with E-state index in [9.17, 15) is 14.3 Å². The van der Waals surface area contributed by atoms with Crippen LogP contribution in [0.5, 0.6) is 0 Å². The number of aryl methyl sites for hydroxylation is 2. The SMILES string of the molecule is CCc1cc(F)cc(C)c1NC(Cc1ccc(-c2nnc(CNc3nc4ccccc4[nH]3)s2)cc1)C(=O)O. The summed E-state index contributed by atoms with van der Waals surface area (Å²) in [6.45, 7) is 4.19. The van der Waals surface area contributed by atoms with Gasteiger partial charge in [-0.2, -0.15) is 0 Å². The number of aromatic nitrogens is 4. The molecule has 1 atom stereocenters. The summed E-state index contributed by atoms with van der Waals surface area (Å²) in [5.74, 6) is -0.612. The zero-order valence-electron chi connectivity index (χ0n) is 21.0. The number of halogens is 1. The smallest absolute Gasteiger partial charge is 0.326 e. The Kier molecular flexibility index (Phi) is 7.32. The van der Waals surface area contributed by atoms with Crippen molar-refractivity contribution in [3.8, 4) is 10.6 Å². The maximum absolute atomic E-state index is 13.8. The topological polar surface area (TPSA) is 116 Å². The van der Waals surface area contributed by atoms with E-state index in [1.165, 1.54) is 23.5 Å². The minimum atomic E-state index is -0.967. The van der Waals surface area contributed by atoms with Gasteiger partial charge in [-0.3, -0.25) is 0 Å². The molecule has 5 aromatic rings. The summed E-state index contributed by atoms with van der Waals surface area (Å²) in [6.07, 6.45) is 0.873. The summed E-state index contributed by atoms with van der Waals surface area (Å²) in [5.41, 5.74) is 5.75. The molecule has 2 heterocycles. The summed E-state index contributed by atoms with van der Waals surface area (Å²) in [5, 5.41) is 26.4. The quantitative estimate of drug-likeness (QED) is 0.180. The maximum Gasteiger partial charge on any atom is 0.326 e. The van der Waals surface area contributed by atoms with Crippen LogP contribution >= 0.6 is 11.3 Å². The van der Waals surface area contributed by atoms with Crippen LogP contribution in [-0.4, -0.2) is 37.3 Å². The molecule has 0 spiro atoms. The Morgan fingerprint density at radius 3 is 2.66 bits per heavy atom. The van der Waals surface area contributed by atoms with Crippen LogP contribution in [0.2, 0.25) is 0 Å².